The van der Waals surface area contributed by atoms with E-state index in [-0.39, 0.29) is 5.97 Å². The number of carbonyl (C=O) groups is 1. The molecular formula is C15H19NO2. The lowest BCUT2D eigenvalue weighted by molar-refractivity contribution is 0.0600. The highest BCUT2D eigenvalue weighted by Crippen LogP contribution is 2.59. The van der Waals surface area contributed by atoms with Crippen molar-refractivity contribution in [2.45, 2.75) is 18.3 Å². The standard InChI is InChI=1S/C15H19NO2/c1-16-7-6-15(9-13(15)10-16)12-5-3-4-11(8-12)14(17)18-2/h3-5,8,13H,6-7,9-10H2,1-2H3. The van der Waals surface area contributed by atoms with Gasteiger partial charge in [-0.1, -0.05) is 12.1 Å². The quantitative estimate of drug-likeness (QED) is 0.747. The molecule has 3 heteroatoms. The van der Waals surface area contributed by atoms with Crippen LogP contribution in [0.15, 0.2) is 24.3 Å². The number of piperidine rings is 1. The molecule has 1 aromatic rings. The number of methoxy groups -OCH3 is 1. The number of hydrogen-bond acceptors (Lipinski definition) is 3. The Morgan fingerprint density at radius 2 is 2.33 bits per heavy atom. The van der Waals surface area contributed by atoms with Gasteiger partial charge in [-0.15, -0.1) is 0 Å². The van der Waals surface area contributed by atoms with E-state index in [1.165, 1.54) is 32.1 Å². The first-order chi connectivity index (χ1) is 8.65. The number of likely N-dealkylation sites (tertiary alicyclic amines) is 1. The Bertz CT molecular complexity index is 485. The maximum absolute atomic E-state index is 11.6. The van der Waals surface area contributed by atoms with Crippen molar-refractivity contribution in [2.75, 3.05) is 27.2 Å². The number of rotatable bonds is 2. The number of ether oxygens (including phenoxy) is 1. The van der Waals surface area contributed by atoms with E-state index in [9.17, 15) is 4.79 Å². The molecule has 0 aromatic heterocycles. The van der Waals surface area contributed by atoms with Gasteiger partial charge in [-0.3, -0.25) is 0 Å². The highest BCUT2D eigenvalue weighted by atomic mass is 16.5. The predicted octanol–water partition coefficient (Wildman–Crippen LogP) is 2.07. The first-order valence-corrected chi connectivity index (χ1v) is 6.53. The van der Waals surface area contributed by atoms with E-state index in [1.807, 2.05) is 18.2 Å². The summed E-state index contributed by atoms with van der Waals surface area (Å²) in [6.07, 6.45) is 2.47. The third-order valence-corrected chi connectivity index (χ3v) is 4.56. The molecule has 1 aliphatic carbocycles. The van der Waals surface area contributed by atoms with Crippen LogP contribution >= 0.6 is 0 Å². The van der Waals surface area contributed by atoms with E-state index in [4.69, 9.17) is 4.74 Å². The third-order valence-electron chi connectivity index (χ3n) is 4.56. The molecule has 0 radical (unpaired) electrons. The SMILES string of the molecule is COC(=O)c1cccc(C23CCN(C)CC2C3)c1. The van der Waals surface area contributed by atoms with Crippen LogP contribution in [0, 0.1) is 5.92 Å². The second kappa shape index (κ2) is 4.09. The van der Waals surface area contributed by atoms with Gasteiger partial charge in [0.05, 0.1) is 12.7 Å². The average Bonchev–Trinajstić information content (AvgIpc) is 3.12. The Labute approximate surface area is 108 Å². The first kappa shape index (κ1) is 11.7. The van der Waals surface area contributed by atoms with Crippen LogP contribution in [0.3, 0.4) is 0 Å². The fourth-order valence-corrected chi connectivity index (χ4v) is 3.36. The predicted molar refractivity (Wildman–Crippen MR) is 69.7 cm³/mol. The van der Waals surface area contributed by atoms with Crippen molar-refractivity contribution in [3.63, 3.8) is 0 Å². The van der Waals surface area contributed by atoms with Crippen LogP contribution in [0.25, 0.3) is 0 Å². The van der Waals surface area contributed by atoms with E-state index < -0.39 is 0 Å². The van der Waals surface area contributed by atoms with Gasteiger partial charge in [-0.05, 0) is 50.0 Å². The van der Waals surface area contributed by atoms with Crippen LogP contribution in [0.1, 0.15) is 28.8 Å². The highest BCUT2D eigenvalue weighted by Gasteiger charge is 2.56. The van der Waals surface area contributed by atoms with Crippen LogP contribution in [0.4, 0.5) is 0 Å². The van der Waals surface area contributed by atoms with Gasteiger partial charge in [0.25, 0.3) is 0 Å². The Morgan fingerprint density at radius 3 is 3.06 bits per heavy atom. The van der Waals surface area contributed by atoms with Crippen molar-refractivity contribution in [2.24, 2.45) is 5.92 Å². The van der Waals surface area contributed by atoms with E-state index >= 15 is 0 Å². The van der Waals surface area contributed by atoms with Gasteiger partial charge < -0.3 is 9.64 Å². The molecule has 2 atom stereocenters. The van der Waals surface area contributed by atoms with Crippen molar-refractivity contribution < 1.29 is 9.53 Å². The molecule has 1 aromatic carbocycles. The zero-order valence-corrected chi connectivity index (χ0v) is 11.0. The molecule has 2 unspecified atom stereocenters. The largest absolute Gasteiger partial charge is 0.465 e. The van der Waals surface area contributed by atoms with Crippen LogP contribution in [0.2, 0.25) is 0 Å². The number of nitrogens with zero attached hydrogens (tertiary/aromatic N) is 1. The molecule has 18 heavy (non-hydrogen) atoms. The molecule has 1 heterocycles. The van der Waals surface area contributed by atoms with Gasteiger partial charge in [0.1, 0.15) is 0 Å². The second-order valence-electron chi connectivity index (χ2n) is 5.64. The van der Waals surface area contributed by atoms with Crippen LogP contribution in [-0.4, -0.2) is 38.1 Å². The van der Waals surface area contributed by atoms with E-state index in [0.29, 0.717) is 11.0 Å². The minimum Gasteiger partial charge on any atom is -0.465 e. The average molecular weight is 245 g/mol. The number of benzene rings is 1. The van der Waals surface area contributed by atoms with Crippen molar-refractivity contribution in [3.8, 4) is 0 Å². The normalized spacial score (nSPS) is 30.7. The lowest BCUT2D eigenvalue weighted by atomic mass is 9.86. The molecule has 3 nitrogen and oxygen atoms in total. The molecule has 0 N–H and O–H groups in total. The van der Waals surface area contributed by atoms with E-state index in [1.54, 1.807) is 0 Å². The highest BCUT2D eigenvalue weighted by molar-refractivity contribution is 5.89. The van der Waals surface area contributed by atoms with E-state index in [2.05, 4.69) is 18.0 Å². The zero-order chi connectivity index (χ0) is 12.8. The number of esters is 1. The van der Waals surface area contributed by atoms with Crippen molar-refractivity contribution in [3.05, 3.63) is 35.4 Å². The zero-order valence-electron chi connectivity index (χ0n) is 11.0. The van der Waals surface area contributed by atoms with Crippen molar-refractivity contribution in [1.82, 2.24) is 4.90 Å². The van der Waals surface area contributed by atoms with Gasteiger partial charge in [0.2, 0.25) is 0 Å². The topological polar surface area (TPSA) is 29.5 Å². The first-order valence-electron chi connectivity index (χ1n) is 6.53. The molecule has 2 aliphatic rings. The molecule has 1 aliphatic heterocycles. The summed E-state index contributed by atoms with van der Waals surface area (Å²) in [6, 6.07) is 8.00. The molecule has 0 spiro atoms. The van der Waals surface area contributed by atoms with Crippen molar-refractivity contribution >= 4 is 5.97 Å². The van der Waals surface area contributed by atoms with Crippen LogP contribution in [0.5, 0.6) is 0 Å². The Morgan fingerprint density at radius 1 is 1.50 bits per heavy atom. The number of carbonyl (C=O) groups excluding carboxylic acids is 1. The summed E-state index contributed by atoms with van der Waals surface area (Å²) < 4.78 is 4.80. The van der Waals surface area contributed by atoms with Gasteiger partial charge in [-0.2, -0.15) is 0 Å². The minimum absolute atomic E-state index is 0.238. The van der Waals surface area contributed by atoms with Gasteiger partial charge in [-0.25, -0.2) is 4.79 Å². The third kappa shape index (κ3) is 1.74. The summed E-state index contributed by atoms with van der Waals surface area (Å²) in [6.45, 7) is 2.33. The summed E-state index contributed by atoms with van der Waals surface area (Å²) in [5.41, 5.74) is 2.34. The Balaban J connectivity index is 1.88. The summed E-state index contributed by atoms with van der Waals surface area (Å²) in [5, 5.41) is 0. The lowest BCUT2D eigenvalue weighted by Gasteiger charge is -2.29. The van der Waals surface area contributed by atoms with Gasteiger partial charge >= 0.3 is 5.97 Å². The molecule has 0 bridgehead atoms. The van der Waals surface area contributed by atoms with Gasteiger partial charge in [0.15, 0.2) is 0 Å². The fourth-order valence-electron chi connectivity index (χ4n) is 3.36. The number of hydrogen-bond donors (Lipinski definition) is 0. The molecule has 96 valence electrons. The monoisotopic (exact) mass is 245 g/mol. The Hall–Kier alpha value is -1.35. The Kier molecular flexibility index (Phi) is 2.67. The molecule has 2 fully saturated rings. The molecule has 3 rings (SSSR count). The van der Waals surface area contributed by atoms with E-state index in [0.717, 1.165) is 12.5 Å². The minimum atomic E-state index is -0.238. The molecule has 0 amide bonds. The summed E-state index contributed by atoms with van der Waals surface area (Å²) in [7, 11) is 3.62. The second-order valence-corrected chi connectivity index (χ2v) is 5.64. The molecule has 1 saturated heterocycles. The summed E-state index contributed by atoms with van der Waals surface area (Å²) in [5.74, 6) is 0.530. The molecule has 1 saturated carbocycles. The maximum atomic E-state index is 11.6. The van der Waals surface area contributed by atoms with Crippen molar-refractivity contribution in [1.29, 1.82) is 0 Å². The smallest absolute Gasteiger partial charge is 0.337 e. The maximum Gasteiger partial charge on any atom is 0.337 e. The fraction of sp³-hybridized carbons (Fsp3) is 0.533. The lowest BCUT2D eigenvalue weighted by Crippen LogP contribution is -2.33. The summed E-state index contributed by atoms with van der Waals surface area (Å²) >= 11 is 0. The van der Waals surface area contributed by atoms with Crippen LogP contribution < -0.4 is 0 Å². The molecular weight excluding hydrogens is 226 g/mol. The van der Waals surface area contributed by atoms with Crippen LogP contribution in [-0.2, 0) is 10.2 Å². The number of fused-ring (bicyclic) bond motifs is 1. The van der Waals surface area contributed by atoms with Gasteiger partial charge in [0, 0.05) is 12.0 Å². The summed E-state index contributed by atoms with van der Waals surface area (Å²) in [4.78, 5) is 14.0.